The van der Waals surface area contributed by atoms with E-state index in [0.29, 0.717) is 38.0 Å². The molecule has 2 N–H and O–H groups in total. The van der Waals surface area contributed by atoms with Crippen LogP contribution in [0, 0.1) is 5.92 Å². The number of halogens is 1. The average Bonchev–Trinajstić information content (AvgIpc) is 3.16. The van der Waals surface area contributed by atoms with Gasteiger partial charge in [-0.15, -0.1) is 12.4 Å². The molecule has 0 saturated carbocycles. The van der Waals surface area contributed by atoms with Crippen LogP contribution in [0.4, 0.5) is 0 Å². The fourth-order valence-corrected chi connectivity index (χ4v) is 5.43. The third-order valence-corrected chi connectivity index (χ3v) is 7.55. The molecule has 1 aromatic rings. The van der Waals surface area contributed by atoms with Crippen molar-refractivity contribution in [1.82, 2.24) is 9.21 Å². The maximum Gasteiger partial charge on any atom is 0.243 e. The van der Waals surface area contributed by atoms with E-state index in [1.807, 2.05) is 4.90 Å². The Morgan fingerprint density at radius 3 is 2.21 bits per heavy atom. The van der Waals surface area contributed by atoms with E-state index in [2.05, 4.69) is 0 Å². The first-order valence-electron chi connectivity index (χ1n) is 9.46. The molecule has 0 radical (unpaired) electrons. The highest BCUT2D eigenvalue weighted by atomic mass is 35.5. The van der Waals surface area contributed by atoms with Crippen LogP contribution in [0.25, 0.3) is 0 Å². The van der Waals surface area contributed by atoms with Crippen molar-refractivity contribution in [3.8, 4) is 0 Å². The van der Waals surface area contributed by atoms with Gasteiger partial charge in [-0.25, -0.2) is 8.42 Å². The van der Waals surface area contributed by atoms with Crippen molar-refractivity contribution in [3.63, 3.8) is 0 Å². The molecule has 28 heavy (non-hydrogen) atoms. The summed E-state index contributed by atoms with van der Waals surface area (Å²) in [7, 11) is -3.61. The molecule has 0 bridgehead atoms. The minimum Gasteiger partial charge on any atom is -0.338 e. The van der Waals surface area contributed by atoms with E-state index in [-0.39, 0.29) is 41.0 Å². The van der Waals surface area contributed by atoms with Crippen LogP contribution in [0.2, 0.25) is 0 Å². The van der Waals surface area contributed by atoms with Crippen LogP contribution in [-0.2, 0) is 14.8 Å². The van der Waals surface area contributed by atoms with Crippen LogP contribution in [0.1, 0.15) is 43.0 Å². The lowest BCUT2D eigenvalue weighted by Crippen LogP contribution is -2.47. The number of carbonyl (C=O) groups is 2. The van der Waals surface area contributed by atoms with Crippen molar-refractivity contribution in [1.29, 1.82) is 0 Å². The van der Waals surface area contributed by atoms with Crippen molar-refractivity contribution < 1.29 is 18.0 Å². The van der Waals surface area contributed by atoms with Crippen LogP contribution < -0.4 is 5.73 Å². The summed E-state index contributed by atoms with van der Waals surface area (Å²) in [6.07, 6.45) is 2.98. The predicted molar refractivity (Wildman–Crippen MR) is 109 cm³/mol. The molecule has 1 amide bonds. The lowest BCUT2D eigenvalue weighted by molar-refractivity contribution is -0.137. The molecule has 2 aliphatic heterocycles. The predicted octanol–water partition coefficient (Wildman–Crippen LogP) is 1.66. The van der Waals surface area contributed by atoms with Gasteiger partial charge in [-0.05, 0) is 44.7 Å². The summed E-state index contributed by atoms with van der Waals surface area (Å²) in [5.41, 5.74) is 6.25. The first kappa shape index (κ1) is 22.8. The monoisotopic (exact) mass is 429 g/mol. The Morgan fingerprint density at radius 1 is 1.07 bits per heavy atom. The van der Waals surface area contributed by atoms with E-state index < -0.39 is 10.0 Å². The van der Waals surface area contributed by atoms with Gasteiger partial charge in [0.05, 0.1) is 4.90 Å². The summed E-state index contributed by atoms with van der Waals surface area (Å²) in [5.74, 6) is -0.120. The van der Waals surface area contributed by atoms with E-state index in [1.165, 1.54) is 35.5 Å². The second kappa shape index (κ2) is 9.35. The number of hydrogen-bond acceptors (Lipinski definition) is 5. The molecule has 1 aromatic carbocycles. The van der Waals surface area contributed by atoms with Crippen molar-refractivity contribution in [2.75, 3.05) is 26.2 Å². The Morgan fingerprint density at radius 2 is 1.68 bits per heavy atom. The third kappa shape index (κ3) is 4.56. The van der Waals surface area contributed by atoms with E-state index in [0.717, 1.165) is 19.4 Å². The van der Waals surface area contributed by atoms with E-state index in [1.54, 1.807) is 0 Å². The molecule has 2 heterocycles. The number of carbonyl (C=O) groups excluding carboxylic acids is 2. The van der Waals surface area contributed by atoms with Gasteiger partial charge in [-0.3, -0.25) is 9.59 Å². The van der Waals surface area contributed by atoms with Gasteiger partial charge in [0.1, 0.15) is 0 Å². The SMILES string of the molecule is CC(=O)c1ccc(S(=O)(=O)N2CCC(C(=O)N3CCCC3CN)CC2)cc1.Cl. The number of hydrogen-bond donors (Lipinski definition) is 1. The maximum atomic E-state index is 12.8. The molecule has 7 nitrogen and oxygen atoms in total. The van der Waals surface area contributed by atoms with Crippen molar-refractivity contribution in [2.45, 2.75) is 43.5 Å². The van der Waals surface area contributed by atoms with E-state index in [4.69, 9.17) is 5.73 Å². The van der Waals surface area contributed by atoms with Gasteiger partial charge in [0, 0.05) is 43.7 Å². The number of amides is 1. The molecular weight excluding hydrogens is 402 g/mol. The van der Waals surface area contributed by atoms with Gasteiger partial charge < -0.3 is 10.6 Å². The Bertz CT molecular complexity index is 805. The third-order valence-electron chi connectivity index (χ3n) is 5.63. The first-order valence-corrected chi connectivity index (χ1v) is 10.9. The van der Waals surface area contributed by atoms with E-state index in [9.17, 15) is 18.0 Å². The Kier molecular flexibility index (Phi) is 7.61. The maximum absolute atomic E-state index is 12.8. The van der Waals surface area contributed by atoms with Crippen LogP contribution in [0.15, 0.2) is 29.2 Å². The van der Waals surface area contributed by atoms with Gasteiger partial charge in [-0.2, -0.15) is 4.31 Å². The topological polar surface area (TPSA) is 101 Å². The Balaban J connectivity index is 0.00000280. The number of rotatable bonds is 5. The highest BCUT2D eigenvalue weighted by Crippen LogP contribution is 2.28. The molecule has 2 saturated heterocycles. The Labute approximate surface area is 172 Å². The zero-order valence-corrected chi connectivity index (χ0v) is 17.7. The van der Waals surface area contributed by atoms with E-state index >= 15 is 0 Å². The van der Waals surface area contributed by atoms with Gasteiger partial charge >= 0.3 is 0 Å². The quantitative estimate of drug-likeness (QED) is 0.717. The lowest BCUT2D eigenvalue weighted by Gasteiger charge is -2.34. The Hall–Kier alpha value is -1.48. The molecule has 156 valence electrons. The van der Waals surface area contributed by atoms with Crippen LogP contribution in [0.5, 0.6) is 0 Å². The van der Waals surface area contributed by atoms with Gasteiger partial charge in [0.25, 0.3) is 0 Å². The van der Waals surface area contributed by atoms with Crippen molar-refractivity contribution >= 4 is 34.1 Å². The summed E-state index contributed by atoms with van der Waals surface area (Å²) in [5, 5.41) is 0. The number of sulfonamides is 1. The highest BCUT2D eigenvalue weighted by molar-refractivity contribution is 7.89. The molecule has 0 aliphatic carbocycles. The summed E-state index contributed by atoms with van der Waals surface area (Å²) >= 11 is 0. The number of likely N-dealkylation sites (tertiary alicyclic amines) is 1. The second-order valence-electron chi connectivity index (χ2n) is 7.32. The molecule has 9 heteroatoms. The number of Topliss-reactive ketones (excluding diaryl/α,β-unsaturated/α-hetero) is 1. The minimum atomic E-state index is -3.61. The highest BCUT2D eigenvalue weighted by Gasteiger charge is 2.36. The smallest absolute Gasteiger partial charge is 0.243 e. The minimum absolute atomic E-state index is 0. The molecule has 3 rings (SSSR count). The standard InChI is InChI=1S/C19H27N3O4S.ClH/c1-14(23)15-4-6-18(7-5-15)27(25,26)21-11-8-16(9-12-21)19(24)22-10-2-3-17(22)13-20;/h4-7,16-17H,2-3,8-13,20H2,1H3;1H. The largest absolute Gasteiger partial charge is 0.338 e. The summed E-state index contributed by atoms with van der Waals surface area (Å²) < 4.78 is 27.1. The van der Waals surface area contributed by atoms with Crippen LogP contribution >= 0.6 is 12.4 Å². The fraction of sp³-hybridized carbons (Fsp3) is 0.579. The van der Waals surface area contributed by atoms with Crippen LogP contribution in [0.3, 0.4) is 0 Å². The molecule has 2 fully saturated rings. The number of nitrogens with two attached hydrogens (primary N) is 1. The summed E-state index contributed by atoms with van der Waals surface area (Å²) in [6, 6.07) is 6.13. The lowest BCUT2D eigenvalue weighted by atomic mass is 9.96. The zero-order valence-electron chi connectivity index (χ0n) is 16.0. The number of piperidine rings is 1. The second-order valence-corrected chi connectivity index (χ2v) is 9.26. The van der Waals surface area contributed by atoms with Crippen LogP contribution in [-0.4, -0.2) is 61.5 Å². The fourth-order valence-electron chi connectivity index (χ4n) is 3.96. The normalized spacial score (nSPS) is 21.4. The van der Waals surface area contributed by atoms with Gasteiger partial charge in [0.15, 0.2) is 5.78 Å². The molecular formula is C19H28ClN3O4S. The number of nitrogens with zero attached hydrogens (tertiary/aromatic N) is 2. The molecule has 0 aromatic heterocycles. The molecule has 2 aliphatic rings. The first-order chi connectivity index (χ1) is 12.8. The number of ketones is 1. The molecule has 1 atom stereocenters. The zero-order chi connectivity index (χ0) is 19.6. The van der Waals surface area contributed by atoms with Gasteiger partial charge in [0.2, 0.25) is 15.9 Å². The molecule has 1 unspecified atom stereocenters. The summed E-state index contributed by atoms with van der Waals surface area (Å²) in [6.45, 7) is 3.33. The van der Waals surface area contributed by atoms with Crippen molar-refractivity contribution in [3.05, 3.63) is 29.8 Å². The number of benzene rings is 1. The van der Waals surface area contributed by atoms with Gasteiger partial charge in [-0.1, -0.05) is 12.1 Å². The van der Waals surface area contributed by atoms with Crippen molar-refractivity contribution in [2.24, 2.45) is 11.7 Å². The summed E-state index contributed by atoms with van der Waals surface area (Å²) in [4.78, 5) is 26.2. The average molecular weight is 430 g/mol. The molecule has 0 spiro atoms.